The Hall–Kier alpha value is -0.650. The number of nitrogens with zero attached hydrogens (tertiary/aromatic N) is 2. The summed E-state index contributed by atoms with van der Waals surface area (Å²) in [5.41, 5.74) is 0. The first-order valence-corrected chi connectivity index (χ1v) is 9.16. The summed E-state index contributed by atoms with van der Waals surface area (Å²) < 4.78 is 6.03. The topological polar surface area (TPSA) is 44.8 Å². The van der Waals surface area contributed by atoms with Gasteiger partial charge in [0.05, 0.1) is 18.6 Å². The van der Waals surface area contributed by atoms with Gasteiger partial charge in [-0.05, 0) is 58.2 Å². The summed E-state index contributed by atoms with van der Waals surface area (Å²) in [4.78, 5) is 17.0. The van der Waals surface area contributed by atoms with E-state index in [0.29, 0.717) is 12.0 Å². The standard InChI is InChI=1S/C17H31N3O2/c21-17(15-4-3-7-18-14-15)20-10-5-16(6-11-20)22-13-12-19-8-1-2-9-19/h15-16,18H,1-14H2. The number of ether oxygens (including phenoxy) is 1. The molecular weight excluding hydrogens is 278 g/mol. The molecule has 0 aromatic heterocycles. The molecule has 0 bridgehead atoms. The highest BCUT2D eigenvalue weighted by molar-refractivity contribution is 5.79. The van der Waals surface area contributed by atoms with Gasteiger partial charge in [0.1, 0.15) is 0 Å². The summed E-state index contributed by atoms with van der Waals surface area (Å²) >= 11 is 0. The first-order valence-electron chi connectivity index (χ1n) is 9.16. The lowest BCUT2D eigenvalue weighted by Crippen LogP contribution is -2.47. The summed E-state index contributed by atoms with van der Waals surface area (Å²) in [7, 11) is 0. The maximum absolute atomic E-state index is 12.5. The Bertz CT molecular complexity index is 344. The maximum Gasteiger partial charge on any atom is 0.226 e. The van der Waals surface area contributed by atoms with E-state index in [1.165, 1.54) is 25.9 Å². The molecule has 3 heterocycles. The molecule has 1 amide bonds. The van der Waals surface area contributed by atoms with E-state index in [1.54, 1.807) is 0 Å². The van der Waals surface area contributed by atoms with Crippen molar-refractivity contribution >= 4 is 5.91 Å². The third kappa shape index (κ3) is 4.43. The van der Waals surface area contributed by atoms with E-state index in [9.17, 15) is 4.79 Å². The van der Waals surface area contributed by atoms with Gasteiger partial charge in [-0.3, -0.25) is 4.79 Å². The van der Waals surface area contributed by atoms with Crippen LogP contribution in [-0.4, -0.2) is 74.2 Å². The van der Waals surface area contributed by atoms with Gasteiger partial charge in [0.15, 0.2) is 0 Å². The molecule has 1 atom stereocenters. The predicted molar refractivity (Wildman–Crippen MR) is 86.8 cm³/mol. The Balaban J connectivity index is 1.32. The maximum atomic E-state index is 12.5. The summed E-state index contributed by atoms with van der Waals surface area (Å²) in [6.07, 6.45) is 7.24. The van der Waals surface area contributed by atoms with Crippen molar-refractivity contribution in [3.05, 3.63) is 0 Å². The van der Waals surface area contributed by atoms with E-state index in [0.717, 1.165) is 65.0 Å². The Morgan fingerprint density at radius 3 is 2.50 bits per heavy atom. The zero-order valence-corrected chi connectivity index (χ0v) is 13.8. The van der Waals surface area contributed by atoms with Crippen molar-refractivity contribution < 1.29 is 9.53 Å². The van der Waals surface area contributed by atoms with E-state index >= 15 is 0 Å². The fourth-order valence-electron chi connectivity index (χ4n) is 3.92. The Morgan fingerprint density at radius 1 is 1.05 bits per heavy atom. The van der Waals surface area contributed by atoms with E-state index in [1.807, 2.05) is 0 Å². The molecule has 3 saturated heterocycles. The van der Waals surface area contributed by atoms with Crippen LogP contribution in [0.4, 0.5) is 0 Å². The van der Waals surface area contributed by atoms with Gasteiger partial charge in [-0.1, -0.05) is 0 Å². The average molecular weight is 309 g/mol. The smallest absolute Gasteiger partial charge is 0.226 e. The van der Waals surface area contributed by atoms with Gasteiger partial charge in [-0.15, -0.1) is 0 Å². The molecule has 0 aliphatic carbocycles. The first kappa shape index (κ1) is 16.2. The minimum absolute atomic E-state index is 0.210. The van der Waals surface area contributed by atoms with Crippen molar-refractivity contribution in [3.8, 4) is 0 Å². The average Bonchev–Trinajstić information content (AvgIpc) is 3.09. The molecule has 0 spiro atoms. The molecule has 3 aliphatic heterocycles. The van der Waals surface area contributed by atoms with Gasteiger partial charge in [0, 0.05) is 26.2 Å². The molecule has 0 aromatic rings. The molecule has 3 fully saturated rings. The van der Waals surface area contributed by atoms with Crippen LogP contribution in [0.1, 0.15) is 38.5 Å². The zero-order chi connectivity index (χ0) is 15.2. The monoisotopic (exact) mass is 309 g/mol. The van der Waals surface area contributed by atoms with Crippen molar-refractivity contribution in [3.63, 3.8) is 0 Å². The fourth-order valence-corrected chi connectivity index (χ4v) is 3.92. The van der Waals surface area contributed by atoms with Crippen LogP contribution in [0.25, 0.3) is 0 Å². The molecule has 0 radical (unpaired) electrons. The van der Waals surface area contributed by atoms with Gasteiger partial charge in [-0.2, -0.15) is 0 Å². The lowest BCUT2D eigenvalue weighted by molar-refractivity contribution is -0.138. The van der Waals surface area contributed by atoms with Crippen LogP contribution in [0.5, 0.6) is 0 Å². The van der Waals surface area contributed by atoms with Crippen LogP contribution in [0, 0.1) is 5.92 Å². The largest absolute Gasteiger partial charge is 0.377 e. The third-order valence-corrected chi connectivity index (χ3v) is 5.36. The van der Waals surface area contributed by atoms with E-state index in [4.69, 9.17) is 4.74 Å². The summed E-state index contributed by atoms with van der Waals surface area (Å²) in [5, 5.41) is 3.34. The van der Waals surface area contributed by atoms with Crippen LogP contribution in [0.15, 0.2) is 0 Å². The van der Waals surface area contributed by atoms with Crippen LogP contribution in [0.3, 0.4) is 0 Å². The molecular formula is C17H31N3O2. The van der Waals surface area contributed by atoms with Gasteiger partial charge in [0.2, 0.25) is 5.91 Å². The number of amides is 1. The zero-order valence-electron chi connectivity index (χ0n) is 13.8. The lowest BCUT2D eigenvalue weighted by atomic mass is 9.96. The molecule has 5 heteroatoms. The number of likely N-dealkylation sites (tertiary alicyclic amines) is 2. The molecule has 3 aliphatic rings. The number of rotatable bonds is 5. The minimum Gasteiger partial charge on any atom is -0.377 e. The quantitative estimate of drug-likeness (QED) is 0.826. The highest BCUT2D eigenvalue weighted by atomic mass is 16.5. The van der Waals surface area contributed by atoms with Crippen molar-refractivity contribution in [1.82, 2.24) is 15.1 Å². The molecule has 3 rings (SSSR count). The number of hydrogen-bond donors (Lipinski definition) is 1. The number of piperidine rings is 2. The van der Waals surface area contributed by atoms with Crippen molar-refractivity contribution in [2.75, 3.05) is 52.4 Å². The molecule has 22 heavy (non-hydrogen) atoms. The highest BCUT2D eigenvalue weighted by Gasteiger charge is 2.29. The van der Waals surface area contributed by atoms with Gasteiger partial charge in [-0.25, -0.2) is 0 Å². The second kappa shape index (κ2) is 8.27. The summed E-state index contributed by atoms with van der Waals surface area (Å²) in [6, 6.07) is 0. The second-order valence-corrected chi connectivity index (χ2v) is 6.99. The highest BCUT2D eigenvalue weighted by Crippen LogP contribution is 2.19. The van der Waals surface area contributed by atoms with Crippen molar-refractivity contribution in [1.29, 1.82) is 0 Å². The summed E-state index contributed by atoms with van der Waals surface area (Å²) in [5.74, 6) is 0.573. The Labute approximate surface area is 134 Å². The van der Waals surface area contributed by atoms with E-state index < -0.39 is 0 Å². The second-order valence-electron chi connectivity index (χ2n) is 6.99. The molecule has 1 N–H and O–H groups in total. The van der Waals surface area contributed by atoms with Crippen molar-refractivity contribution in [2.45, 2.75) is 44.6 Å². The molecule has 1 unspecified atom stereocenters. The first-order chi connectivity index (χ1) is 10.8. The number of carbonyl (C=O) groups is 1. The Kier molecular flexibility index (Phi) is 6.10. The van der Waals surface area contributed by atoms with Gasteiger partial charge >= 0.3 is 0 Å². The number of nitrogens with one attached hydrogen (secondary N) is 1. The normalized spacial score (nSPS) is 28.2. The van der Waals surface area contributed by atoms with Gasteiger partial charge < -0.3 is 19.9 Å². The summed E-state index contributed by atoms with van der Waals surface area (Å²) in [6.45, 7) is 8.10. The molecule has 0 saturated carbocycles. The SMILES string of the molecule is O=C(C1CCCNC1)N1CCC(OCCN2CCCC2)CC1. The van der Waals surface area contributed by atoms with E-state index in [-0.39, 0.29) is 5.92 Å². The number of carbonyl (C=O) groups excluding carboxylic acids is 1. The number of hydrogen-bond acceptors (Lipinski definition) is 4. The Morgan fingerprint density at radius 2 is 1.82 bits per heavy atom. The van der Waals surface area contributed by atoms with Crippen LogP contribution >= 0.6 is 0 Å². The van der Waals surface area contributed by atoms with Crippen molar-refractivity contribution in [2.24, 2.45) is 5.92 Å². The van der Waals surface area contributed by atoms with E-state index in [2.05, 4.69) is 15.1 Å². The fraction of sp³-hybridized carbons (Fsp3) is 0.941. The molecule has 126 valence electrons. The lowest BCUT2D eigenvalue weighted by Gasteiger charge is -2.35. The molecule has 0 aromatic carbocycles. The molecule has 5 nitrogen and oxygen atoms in total. The predicted octanol–water partition coefficient (Wildman–Crippen LogP) is 1.09. The minimum atomic E-state index is 0.210. The van der Waals surface area contributed by atoms with Gasteiger partial charge in [0.25, 0.3) is 0 Å². The van der Waals surface area contributed by atoms with Crippen LogP contribution in [-0.2, 0) is 9.53 Å². The van der Waals surface area contributed by atoms with Crippen LogP contribution < -0.4 is 5.32 Å². The van der Waals surface area contributed by atoms with Crippen LogP contribution in [0.2, 0.25) is 0 Å². The third-order valence-electron chi connectivity index (χ3n) is 5.36.